The maximum absolute atomic E-state index is 14.5. The normalized spacial score (nSPS) is 22.3. The molecule has 0 unspecified atom stereocenters. The zero-order chi connectivity index (χ0) is 50.6. The van der Waals surface area contributed by atoms with Crippen molar-refractivity contribution in [3.05, 3.63) is 99.7 Å². The Hall–Kier alpha value is -5.91. The van der Waals surface area contributed by atoms with Crippen molar-refractivity contribution >= 4 is 44.0 Å². The van der Waals surface area contributed by atoms with Crippen molar-refractivity contribution in [3.63, 3.8) is 0 Å². The van der Waals surface area contributed by atoms with Crippen LogP contribution < -0.4 is 29.1 Å². The molecule has 2 aromatic heterocycles. The van der Waals surface area contributed by atoms with Crippen LogP contribution in [0.15, 0.2) is 77.8 Å². The Morgan fingerprint density at radius 2 is 1.73 bits per heavy atom. The van der Waals surface area contributed by atoms with Crippen LogP contribution in [0.25, 0.3) is 11.0 Å². The van der Waals surface area contributed by atoms with Crippen molar-refractivity contribution in [1.82, 2.24) is 24.5 Å². The number of pyridine rings is 1. The van der Waals surface area contributed by atoms with Crippen molar-refractivity contribution in [1.29, 1.82) is 0 Å². The van der Waals surface area contributed by atoms with Gasteiger partial charge in [-0.05, 0) is 148 Å². The summed E-state index contributed by atoms with van der Waals surface area (Å²) in [5.41, 5.74) is 4.58. The van der Waals surface area contributed by atoms with E-state index in [1.165, 1.54) is 42.9 Å². The summed E-state index contributed by atoms with van der Waals surface area (Å²) in [4.78, 5) is 41.2. The number of aromatic nitrogens is 2. The smallest absolute Gasteiger partial charge is 0.297 e. The summed E-state index contributed by atoms with van der Waals surface area (Å²) >= 11 is 0. The van der Waals surface area contributed by atoms with E-state index < -0.39 is 31.4 Å². The van der Waals surface area contributed by atoms with Gasteiger partial charge in [0.2, 0.25) is 0 Å². The van der Waals surface area contributed by atoms with Crippen molar-refractivity contribution in [2.75, 3.05) is 62.7 Å². The highest BCUT2D eigenvalue weighted by Gasteiger charge is 2.50. The highest BCUT2D eigenvalue weighted by molar-refractivity contribution is 7.90. The van der Waals surface area contributed by atoms with Gasteiger partial charge in [0.25, 0.3) is 27.5 Å². The lowest BCUT2D eigenvalue weighted by atomic mass is 9.59. The number of ether oxygens (including phenoxy) is 3. The van der Waals surface area contributed by atoms with E-state index in [1.807, 2.05) is 12.1 Å². The van der Waals surface area contributed by atoms with Gasteiger partial charge in [-0.15, -0.1) is 0 Å². The number of sulfonamides is 1. The van der Waals surface area contributed by atoms with Gasteiger partial charge in [-0.2, -0.15) is 4.98 Å². The number of H-pyrrole nitrogens is 1. The minimum atomic E-state index is -4.68. The molecule has 4 aliphatic heterocycles. The second-order valence-corrected chi connectivity index (χ2v) is 24.5. The minimum absolute atomic E-state index is 0.0467. The van der Waals surface area contributed by atoms with Gasteiger partial charge in [0.1, 0.15) is 24.6 Å². The topological polar surface area (TPSA) is 184 Å². The molecule has 17 heteroatoms. The number of hydrogen-bond donors (Lipinski definition) is 3. The van der Waals surface area contributed by atoms with E-state index in [4.69, 9.17) is 19.2 Å². The van der Waals surface area contributed by atoms with Gasteiger partial charge in [-0.3, -0.25) is 24.7 Å². The number of nitrogens with one attached hydrogen (secondary N) is 3. The lowest BCUT2D eigenvalue weighted by Gasteiger charge is -2.56. The fourth-order valence-corrected chi connectivity index (χ4v) is 13.7. The molecule has 5 fully saturated rings. The Labute approximate surface area is 428 Å². The molecular weight excluding hydrogens is 945 g/mol. The molecule has 73 heavy (non-hydrogen) atoms. The number of hydrogen-bond acceptors (Lipinski definition) is 13. The van der Waals surface area contributed by atoms with Crippen LogP contribution in [0.3, 0.4) is 0 Å². The second-order valence-electron chi connectivity index (χ2n) is 22.8. The molecule has 0 bridgehead atoms. The highest BCUT2D eigenvalue weighted by Crippen LogP contribution is 2.55. The molecule has 388 valence electrons. The van der Waals surface area contributed by atoms with Gasteiger partial charge < -0.3 is 29.4 Å². The van der Waals surface area contributed by atoms with Crippen LogP contribution in [0.2, 0.25) is 0 Å². The largest absolute Gasteiger partial charge is 0.489 e. The predicted molar refractivity (Wildman–Crippen MR) is 282 cm³/mol. The first-order valence-corrected chi connectivity index (χ1v) is 28.1. The van der Waals surface area contributed by atoms with Crippen molar-refractivity contribution < 1.29 is 32.3 Å². The Bertz CT molecular complexity index is 2980. The van der Waals surface area contributed by atoms with Gasteiger partial charge in [0.15, 0.2) is 17.2 Å². The van der Waals surface area contributed by atoms with Crippen LogP contribution in [0, 0.1) is 26.9 Å². The molecule has 11 rings (SSSR count). The van der Waals surface area contributed by atoms with E-state index in [1.54, 1.807) is 24.4 Å². The van der Waals surface area contributed by atoms with Crippen LogP contribution in [0.4, 0.5) is 17.1 Å². The molecule has 6 heterocycles. The number of nitro groups is 1. The van der Waals surface area contributed by atoms with E-state index in [2.05, 4.69) is 81.7 Å². The van der Waals surface area contributed by atoms with Crippen LogP contribution in [0.5, 0.6) is 23.1 Å². The Morgan fingerprint density at radius 1 is 0.945 bits per heavy atom. The molecular formula is C56H70N8O8S. The lowest BCUT2D eigenvalue weighted by Crippen LogP contribution is -2.54. The molecule has 5 aromatic rings. The molecule has 3 aromatic carbocycles. The number of likely N-dealkylation sites (tertiary alicyclic amines) is 2. The summed E-state index contributed by atoms with van der Waals surface area (Å²) in [6, 6.07) is 21.0. The number of carbonyl (C=O) groups excluding carboxylic acids is 1. The zero-order valence-corrected chi connectivity index (χ0v) is 43.5. The second kappa shape index (κ2) is 19.7. The number of anilines is 2. The standard InChI is InChI=1S/C56H70N8O8S/c1-36(2)42-9-5-6-10-43(42)46-11-7-24-63(46)40-33-56(34-40)19-25-62(26-20-56)39-12-13-44(48(30-39)72-50-29-38-16-21-57-52(38)59-54(50)70-28-27-61-22-8-23-61)53(65)60-73(68,69)41-31-47(64(66)67)51-49(32-41)71-35-45(58-51)37-14-17-55(3,4)18-15-37/h5-6,9-10,12-13,16,21,29-32,36-37,40,45-46,58H,7-8,11,14-15,17-20,22-28,33-35H2,1-4H3,(H,57,59)(H,60,65)/t45-,46+/m1/s1. The number of nitrogens with zero attached hydrogens (tertiary/aromatic N) is 5. The van der Waals surface area contributed by atoms with Crippen molar-refractivity contribution in [3.8, 4) is 23.1 Å². The van der Waals surface area contributed by atoms with E-state index in [0.29, 0.717) is 36.8 Å². The van der Waals surface area contributed by atoms with Gasteiger partial charge in [-0.25, -0.2) is 13.1 Å². The number of aromatic amines is 1. The monoisotopic (exact) mass is 1010 g/mol. The molecule has 6 aliphatic rings. The Balaban J connectivity index is 0.837. The fourth-order valence-electron chi connectivity index (χ4n) is 12.7. The average Bonchev–Trinajstić information content (AvgIpc) is 4.03. The third kappa shape index (κ3) is 10.1. The molecule has 16 nitrogen and oxygen atoms in total. The summed E-state index contributed by atoms with van der Waals surface area (Å²) in [7, 11) is -4.68. The molecule has 2 saturated carbocycles. The summed E-state index contributed by atoms with van der Waals surface area (Å²) < 4.78 is 49.7. The number of rotatable bonds is 15. The molecule has 2 aliphatic carbocycles. The predicted octanol–water partition coefficient (Wildman–Crippen LogP) is 10.6. The summed E-state index contributed by atoms with van der Waals surface area (Å²) in [6.45, 7) is 15.2. The van der Waals surface area contributed by atoms with Gasteiger partial charge >= 0.3 is 0 Å². The number of fused-ring (bicyclic) bond motifs is 2. The first kappa shape index (κ1) is 49.3. The SMILES string of the molecule is CC(C)c1ccccc1[C@@H]1CCCN1C1CC2(CCN(c3ccc(C(=O)NS(=O)(=O)c4cc5c(c([N+](=O)[O-])c4)N[C@@H](C4CCC(C)(C)CC4)CO5)c(Oc4cc5cc[nH]c5nc4OCCN4CCC4)c3)CC2)C1. The summed E-state index contributed by atoms with van der Waals surface area (Å²) in [5, 5.41) is 16.7. The van der Waals surface area contributed by atoms with E-state index >= 15 is 0 Å². The number of nitro benzene ring substituents is 1. The van der Waals surface area contributed by atoms with E-state index in [0.717, 1.165) is 94.8 Å². The lowest BCUT2D eigenvalue weighted by molar-refractivity contribution is -0.384. The highest BCUT2D eigenvalue weighted by atomic mass is 32.2. The van der Waals surface area contributed by atoms with E-state index in [9.17, 15) is 23.3 Å². The van der Waals surface area contributed by atoms with Crippen LogP contribution in [-0.4, -0.2) is 104 Å². The number of carbonyl (C=O) groups is 1. The molecule has 2 atom stereocenters. The molecule has 0 radical (unpaired) electrons. The third-order valence-corrected chi connectivity index (χ3v) is 18.6. The number of amides is 1. The average molecular weight is 1020 g/mol. The number of benzene rings is 3. The van der Waals surface area contributed by atoms with Gasteiger partial charge in [-0.1, -0.05) is 52.0 Å². The first-order valence-electron chi connectivity index (χ1n) is 26.6. The van der Waals surface area contributed by atoms with Crippen LogP contribution >= 0.6 is 0 Å². The van der Waals surface area contributed by atoms with Gasteiger partial charge in [0, 0.05) is 67.2 Å². The molecule has 3 N–H and O–H groups in total. The maximum atomic E-state index is 14.5. The summed E-state index contributed by atoms with van der Waals surface area (Å²) in [5.74, 6) is 0.438. The number of piperidine rings is 1. The quantitative estimate of drug-likeness (QED) is 0.0665. The summed E-state index contributed by atoms with van der Waals surface area (Å²) in [6.07, 6.45) is 13.8. The minimum Gasteiger partial charge on any atom is -0.489 e. The van der Waals surface area contributed by atoms with Crippen molar-refractivity contribution in [2.45, 2.75) is 127 Å². The maximum Gasteiger partial charge on any atom is 0.297 e. The molecule has 1 amide bonds. The fraction of sp³-hybridized carbons (Fsp3) is 0.536. The molecule has 3 saturated heterocycles. The van der Waals surface area contributed by atoms with E-state index in [-0.39, 0.29) is 63.8 Å². The Morgan fingerprint density at radius 3 is 2.47 bits per heavy atom. The first-order chi connectivity index (χ1) is 35.1. The van der Waals surface area contributed by atoms with Crippen LogP contribution in [0.1, 0.15) is 132 Å². The third-order valence-electron chi connectivity index (χ3n) is 17.2. The molecule has 1 spiro atoms. The van der Waals surface area contributed by atoms with Crippen molar-refractivity contribution in [2.24, 2.45) is 16.7 Å². The van der Waals surface area contributed by atoms with Gasteiger partial charge in [0.05, 0.1) is 21.4 Å². The van der Waals surface area contributed by atoms with Crippen LogP contribution in [-0.2, 0) is 10.0 Å². The zero-order valence-electron chi connectivity index (χ0n) is 42.7. The Kier molecular flexibility index (Phi) is 13.3.